The highest BCUT2D eigenvalue weighted by Gasteiger charge is 2.32. The quantitative estimate of drug-likeness (QED) is 0.895. The van der Waals surface area contributed by atoms with E-state index in [1.807, 2.05) is 30.0 Å². The maximum absolute atomic E-state index is 12.6. The van der Waals surface area contributed by atoms with Crippen molar-refractivity contribution in [2.45, 2.75) is 32.6 Å². The van der Waals surface area contributed by atoms with Gasteiger partial charge in [0, 0.05) is 35.6 Å². The molecule has 0 aromatic heterocycles. The lowest BCUT2D eigenvalue weighted by Crippen LogP contribution is -2.44. The molecule has 1 saturated heterocycles. The lowest BCUT2D eigenvalue weighted by molar-refractivity contribution is -0.141. The fraction of sp³-hybridized carbons (Fsp3) is 0.579. The van der Waals surface area contributed by atoms with E-state index < -0.39 is 0 Å². The molecule has 1 aliphatic carbocycles. The highest BCUT2D eigenvalue weighted by Crippen LogP contribution is 2.32. The van der Waals surface area contributed by atoms with E-state index in [4.69, 9.17) is 16.3 Å². The van der Waals surface area contributed by atoms with Crippen LogP contribution in [-0.2, 0) is 14.3 Å². The van der Waals surface area contributed by atoms with Gasteiger partial charge < -0.3 is 15.0 Å². The van der Waals surface area contributed by atoms with E-state index in [2.05, 4.69) is 5.32 Å². The number of nitrogens with one attached hydrogen (secondary N) is 1. The fourth-order valence-electron chi connectivity index (χ4n) is 3.62. The molecule has 0 radical (unpaired) electrons. The summed E-state index contributed by atoms with van der Waals surface area (Å²) in [4.78, 5) is 27.0. The molecule has 2 fully saturated rings. The topological polar surface area (TPSA) is 58.6 Å². The summed E-state index contributed by atoms with van der Waals surface area (Å²) in [6, 6.07) is 5.52. The van der Waals surface area contributed by atoms with Crippen molar-refractivity contribution in [1.29, 1.82) is 0 Å². The maximum atomic E-state index is 12.6. The molecule has 136 valence electrons. The lowest BCUT2D eigenvalue weighted by Gasteiger charge is -2.33. The number of amides is 2. The van der Waals surface area contributed by atoms with Gasteiger partial charge in [-0.05, 0) is 50.3 Å². The number of carbonyl (C=O) groups excluding carboxylic acids is 2. The number of hydrogen-bond donors (Lipinski definition) is 1. The molecule has 5 nitrogen and oxygen atoms in total. The first-order valence-corrected chi connectivity index (χ1v) is 9.36. The van der Waals surface area contributed by atoms with E-state index in [1.54, 1.807) is 0 Å². The van der Waals surface area contributed by atoms with Gasteiger partial charge in [0.2, 0.25) is 11.8 Å². The van der Waals surface area contributed by atoms with Crippen molar-refractivity contribution in [3.63, 3.8) is 0 Å². The van der Waals surface area contributed by atoms with E-state index in [0.29, 0.717) is 31.3 Å². The van der Waals surface area contributed by atoms with Crippen LogP contribution in [0.2, 0.25) is 5.02 Å². The molecule has 2 amide bonds. The summed E-state index contributed by atoms with van der Waals surface area (Å²) in [5, 5.41) is 3.64. The van der Waals surface area contributed by atoms with Gasteiger partial charge in [0.1, 0.15) is 0 Å². The van der Waals surface area contributed by atoms with Crippen molar-refractivity contribution in [3.8, 4) is 0 Å². The summed E-state index contributed by atoms with van der Waals surface area (Å²) in [6.07, 6.45) is 3.07. The van der Waals surface area contributed by atoms with Crippen LogP contribution in [0.15, 0.2) is 18.2 Å². The molecule has 1 aliphatic heterocycles. The highest BCUT2D eigenvalue weighted by atomic mass is 35.5. The summed E-state index contributed by atoms with van der Waals surface area (Å²) in [5.41, 5.74) is 1.65. The molecule has 0 spiro atoms. The Bertz CT molecular complexity index is 636. The van der Waals surface area contributed by atoms with Crippen LogP contribution >= 0.6 is 11.6 Å². The van der Waals surface area contributed by atoms with Gasteiger partial charge in [0.15, 0.2) is 0 Å². The Morgan fingerprint density at radius 2 is 1.76 bits per heavy atom. The lowest BCUT2D eigenvalue weighted by atomic mass is 9.80. The molecular weight excluding hydrogens is 340 g/mol. The molecule has 0 bridgehead atoms. The summed E-state index contributed by atoms with van der Waals surface area (Å²) < 4.78 is 5.30. The van der Waals surface area contributed by atoms with Crippen LogP contribution < -0.4 is 5.32 Å². The Morgan fingerprint density at radius 1 is 1.12 bits per heavy atom. The minimum Gasteiger partial charge on any atom is -0.378 e. The fourth-order valence-corrected chi connectivity index (χ4v) is 3.80. The SMILES string of the molecule is Cc1c(Cl)cccc1NC(=O)C1CCC(C(=O)N2CCOCC2)CC1. The smallest absolute Gasteiger partial charge is 0.227 e. The van der Waals surface area contributed by atoms with Gasteiger partial charge in [-0.2, -0.15) is 0 Å². The van der Waals surface area contributed by atoms with Crippen LogP contribution in [0.1, 0.15) is 31.2 Å². The first-order valence-electron chi connectivity index (χ1n) is 8.99. The highest BCUT2D eigenvalue weighted by molar-refractivity contribution is 6.31. The van der Waals surface area contributed by atoms with Gasteiger partial charge in [0.05, 0.1) is 13.2 Å². The minimum absolute atomic E-state index is 0.0302. The zero-order valence-electron chi connectivity index (χ0n) is 14.6. The second-order valence-corrected chi connectivity index (χ2v) is 7.30. The number of ether oxygens (including phenoxy) is 1. The number of morpholine rings is 1. The molecular formula is C19H25ClN2O3. The Morgan fingerprint density at radius 3 is 2.44 bits per heavy atom. The number of nitrogens with zero attached hydrogens (tertiary/aromatic N) is 1. The maximum Gasteiger partial charge on any atom is 0.227 e. The summed E-state index contributed by atoms with van der Waals surface area (Å²) in [5.74, 6) is 0.276. The molecule has 1 saturated carbocycles. The molecule has 1 N–H and O–H groups in total. The average molecular weight is 365 g/mol. The Balaban J connectivity index is 1.52. The monoisotopic (exact) mass is 364 g/mol. The molecule has 0 atom stereocenters. The molecule has 2 aliphatic rings. The largest absolute Gasteiger partial charge is 0.378 e. The van der Waals surface area contributed by atoms with Gasteiger partial charge in [-0.15, -0.1) is 0 Å². The minimum atomic E-state index is -0.0351. The normalized spacial score (nSPS) is 24.0. The van der Waals surface area contributed by atoms with Crippen LogP contribution in [0.5, 0.6) is 0 Å². The second kappa shape index (κ2) is 8.19. The van der Waals surface area contributed by atoms with Crippen molar-refractivity contribution in [1.82, 2.24) is 4.90 Å². The first-order chi connectivity index (χ1) is 12.1. The summed E-state index contributed by atoms with van der Waals surface area (Å²) in [6.45, 7) is 4.53. The number of rotatable bonds is 3. The third-order valence-electron chi connectivity index (χ3n) is 5.30. The van der Waals surface area contributed by atoms with Crippen LogP contribution in [0.25, 0.3) is 0 Å². The molecule has 1 aromatic carbocycles. The number of halogens is 1. The van der Waals surface area contributed by atoms with E-state index in [-0.39, 0.29) is 23.7 Å². The van der Waals surface area contributed by atoms with Gasteiger partial charge in [-0.1, -0.05) is 17.7 Å². The Hall–Kier alpha value is -1.59. The molecule has 0 unspecified atom stereocenters. The van der Waals surface area contributed by atoms with Gasteiger partial charge >= 0.3 is 0 Å². The standard InChI is InChI=1S/C19H25ClN2O3/c1-13-16(20)3-2-4-17(13)21-18(23)14-5-7-15(8-6-14)19(24)22-9-11-25-12-10-22/h2-4,14-15H,5-12H2,1H3,(H,21,23). The third kappa shape index (κ3) is 4.33. The predicted octanol–water partition coefficient (Wildman–Crippen LogP) is 3.25. The summed E-state index contributed by atoms with van der Waals surface area (Å²) in [7, 11) is 0. The predicted molar refractivity (Wildman–Crippen MR) is 97.7 cm³/mol. The van der Waals surface area contributed by atoms with Crippen molar-refractivity contribution in [3.05, 3.63) is 28.8 Å². The molecule has 25 heavy (non-hydrogen) atoms. The Labute approximate surface area is 153 Å². The molecule has 6 heteroatoms. The Kier molecular flexibility index (Phi) is 5.97. The molecule has 1 aromatic rings. The van der Waals surface area contributed by atoms with E-state index in [1.165, 1.54) is 0 Å². The van der Waals surface area contributed by atoms with E-state index >= 15 is 0 Å². The van der Waals surface area contributed by atoms with Crippen LogP contribution in [0, 0.1) is 18.8 Å². The van der Waals surface area contributed by atoms with Gasteiger partial charge in [0.25, 0.3) is 0 Å². The van der Waals surface area contributed by atoms with Crippen LogP contribution in [-0.4, -0.2) is 43.0 Å². The van der Waals surface area contributed by atoms with Crippen LogP contribution in [0.3, 0.4) is 0 Å². The van der Waals surface area contributed by atoms with E-state index in [9.17, 15) is 9.59 Å². The first kappa shape index (κ1) is 18.2. The van der Waals surface area contributed by atoms with Crippen LogP contribution in [0.4, 0.5) is 5.69 Å². The molecule has 3 rings (SSSR count). The van der Waals surface area contributed by atoms with E-state index in [0.717, 1.165) is 36.9 Å². The average Bonchev–Trinajstić information content (AvgIpc) is 2.65. The third-order valence-corrected chi connectivity index (χ3v) is 5.70. The second-order valence-electron chi connectivity index (χ2n) is 6.89. The number of anilines is 1. The van der Waals surface area contributed by atoms with Crippen molar-refractivity contribution in [2.24, 2.45) is 11.8 Å². The number of carbonyl (C=O) groups is 2. The zero-order valence-corrected chi connectivity index (χ0v) is 15.3. The number of benzene rings is 1. The summed E-state index contributed by atoms with van der Waals surface area (Å²) >= 11 is 6.11. The van der Waals surface area contributed by atoms with Crippen molar-refractivity contribution >= 4 is 29.1 Å². The van der Waals surface area contributed by atoms with Crippen molar-refractivity contribution < 1.29 is 14.3 Å². The van der Waals surface area contributed by atoms with Gasteiger partial charge in [-0.3, -0.25) is 9.59 Å². The van der Waals surface area contributed by atoms with Gasteiger partial charge in [-0.25, -0.2) is 0 Å². The zero-order chi connectivity index (χ0) is 17.8. The van der Waals surface area contributed by atoms with Crippen molar-refractivity contribution in [2.75, 3.05) is 31.6 Å². The number of hydrogen-bond acceptors (Lipinski definition) is 3. The molecule has 1 heterocycles.